The molecule has 3 aromatic rings. The maximum atomic E-state index is 14.0. The lowest BCUT2D eigenvalue weighted by Gasteiger charge is -2.21. The van der Waals surface area contributed by atoms with E-state index in [0.717, 1.165) is 16.7 Å². The van der Waals surface area contributed by atoms with Crippen LogP contribution in [0, 0.1) is 12.7 Å². The average Bonchev–Trinajstić information content (AvgIpc) is 3.28. The third-order valence-electron chi connectivity index (χ3n) is 5.07. The topological polar surface area (TPSA) is 81.9 Å². The molecule has 8 heteroatoms. The molecule has 144 valence electrons. The summed E-state index contributed by atoms with van der Waals surface area (Å²) in [5, 5.41) is 14.7. The fraction of sp³-hybridized carbons (Fsp3) is 0.300. The third-order valence-corrected chi connectivity index (χ3v) is 5.07. The standard InChI is InChI=1S/C20H20FN5O2/c1-12-23-24-25-26(12)19(13-6-4-3-5-7-13)20(27)22-17-9-8-14-10-16(21)18(28-2)11-15(14)17/h3-7,10-11,17,19H,8-9H2,1-2H3,(H,22,27). The minimum absolute atomic E-state index is 0.177. The van der Waals surface area contributed by atoms with Gasteiger partial charge in [0.1, 0.15) is 5.82 Å². The molecule has 0 saturated carbocycles. The molecular weight excluding hydrogens is 361 g/mol. The number of tetrazole rings is 1. The minimum Gasteiger partial charge on any atom is -0.494 e. The zero-order chi connectivity index (χ0) is 19.7. The SMILES string of the molecule is COc1cc2c(cc1F)CCC2NC(=O)C(c1ccccc1)n1nnnc1C. The number of benzene rings is 2. The van der Waals surface area contributed by atoms with Crippen molar-refractivity contribution in [3.05, 3.63) is 70.8 Å². The number of ether oxygens (including phenoxy) is 1. The molecule has 0 saturated heterocycles. The Morgan fingerprint density at radius 1 is 1.32 bits per heavy atom. The number of nitrogens with one attached hydrogen (secondary N) is 1. The molecule has 1 aliphatic carbocycles. The summed E-state index contributed by atoms with van der Waals surface area (Å²) < 4.78 is 20.6. The van der Waals surface area contributed by atoms with Crippen molar-refractivity contribution < 1.29 is 13.9 Å². The molecule has 1 aliphatic rings. The molecule has 2 aromatic carbocycles. The van der Waals surface area contributed by atoms with Crippen molar-refractivity contribution >= 4 is 5.91 Å². The third kappa shape index (κ3) is 3.21. The van der Waals surface area contributed by atoms with Crippen molar-refractivity contribution in [3.8, 4) is 5.75 Å². The van der Waals surface area contributed by atoms with Gasteiger partial charge in [-0.05, 0) is 59.0 Å². The first-order valence-electron chi connectivity index (χ1n) is 9.04. The monoisotopic (exact) mass is 381 g/mol. The first-order valence-corrected chi connectivity index (χ1v) is 9.04. The maximum Gasteiger partial charge on any atom is 0.250 e. The van der Waals surface area contributed by atoms with E-state index in [1.165, 1.54) is 17.9 Å². The van der Waals surface area contributed by atoms with Crippen molar-refractivity contribution in [2.75, 3.05) is 7.11 Å². The number of hydrogen-bond acceptors (Lipinski definition) is 5. The molecule has 7 nitrogen and oxygen atoms in total. The van der Waals surface area contributed by atoms with Crippen LogP contribution in [0.2, 0.25) is 0 Å². The van der Waals surface area contributed by atoms with Crippen LogP contribution in [0.5, 0.6) is 5.75 Å². The number of aromatic nitrogens is 4. The molecule has 0 bridgehead atoms. The van der Waals surface area contributed by atoms with Gasteiger partial charge in [0, 0.05) is 0 Å². The number of halogens is 1. The Morgan fingerprint density at radius 2 is 2.11 bits per heavy atom. The zero-order valence-electron chi connectivity index (χ0n) is 15.6. The molecule has 0 fully saturated rings. The maximum absolute atomic E-state index is 14.0. The second-order valence-electron chi connectivity index (χ2n) is 6.77. The number of methoxy groups -OCH3 is 1. The molecular formula is C20H20FN5O2. The van der Waals surface area contributed by atoms with Gasteiger partial charge in [0.15, 0.2) is 17.6 Å². The van der Waals surface area contributed by atoms with Crippen molar-refractivity contribution in [2.45, 2.75) is 31.8 Å². The summed E-state index contributed by atoms with van der Waals surface area (Å²) >= 11 is 0. The van der Waals surface area contributed by atoms with Crippen LogP contribution in [0.3, 0.4) is 0 Å². The van der Waals surface area contributed by atoms with Gasteiger partial charge in [-0.3, -0.25) is 4.79 Å². The van der Waals surface area contributed by atoms with Crippen LogP contribution in [0.4, 0.5) is 4.39 Å². The number of carbonyl (C=O) groups is 1. The normalized spacial score (nSPS) is 16.5. The summed E-state index contributed by atoms with van der Waals surface area (Å²) in [6.45, 7) is 1.75. The van der Waals surface area contributed by atoms with Gasteiger partial charge >= 0.3 is 0 Å². The van der Waals surface area contributed by atoms with E-state index < -0.39 is 6.04 Å². The minimum atomic E-state index is -0.692. The quantitative estimate of drug-likeness (QED) is 0.734. The lowest BCUT2D eigenvalue weighted by atomic mass is 10.0. The molecule has 2 atom stereocenters. The second-order valence-corrected chi connectivity index (χ2v) is 6.77. The van der Waals surface area contributed by atoms with E-state index in [4.69, 9.17) is 4.74 Å². The smallest absolute Gasteiger partial charge is 0.250 e. The first kappa shape index (κ1) is 18.1. The number of nitrogens with zero attached hydrogens (tertiary/aromatic N) is 4. The predicted octanol–water partition coefficient (Wildman–Crippen LogP) is 2.52. The molecule has 28 heavy (non-hydrogen) atoms. The molecule has 1 heterocycles. The highest BCUT2D eigenvalue weighted by Gasteiger charge is 2.31. The number of rotatable bonds is 5. The zero-order valence-corrected chi connectivity index (χ0v) is 15.6. The van der Waals surface area contributed by atoms with Crippen LogP contribution in [0.25, 0.3) is 0 Å². The van der Waals surface area contributed by atoms with Crippen LogP contribution in [0.15, 0.2) is 42.5 Å². The van der Waals surface area contributed by atoms with Gasteiger partial charge in [0.2, 0.25) is 5.91 Å². The number of aryl methyl sites for hydroxylation is 2. The number of amides is 1. The highest BCUT2D eigenvalue weighted by Crippen LogP contribution is 2.36. The summed E-state index contributed by atoms with van der Waals surface area (Å²) in [5.41, 5.74) is 2.55. The van der Waals surface area contributed by atoms with Crippen molar-refractivity contribution in [3.63, 3.8) is 0 Å². The van der Waals surface area contributed by atoms with E-state index in [1.54, 1.807) is 13.0 Å². The van der Waals surface area contributed by atoms with Crippen LogP contribution < -0.4 is 10.1 Å². The van der Waals surface area contributed by atoms with E-state index >= 15 is 0 Å². The fourth-order valence-electron chi connectivity index (χ4n) is 3.68. The van der Waals surface area contributed by atoms with Crippen molar-refractivity contribution in [1.29, 1.82) is 0 Å². The Morgan fingerprint density at radius 3 is 2.79 bits per heavy atom. The van der Waals surface area contributed by atoms with Gasteiger partial charge in [0.25, 0.3) is 0 Å². The largest absolute Gasteiger partial charge is 0.494 e. The van der Waals surface area contributed by atoms with Crippen LogP contribution in [-0.4, -0.2) is 33.2 Å². The second kappa shape index (κ2) is 7.38. The van der Waals surface area contributed by atoms with E-state index in [2.05, 4.69) is 20.8 Å². The molecule has 2 unspecified atom stereocenters. The Balaban J connectivity index is 1.65. The fourth-order valence-corrected chi connectivity index (χ4v) is 3.68. The molecule has 4 rings (SSSR count). The molecule has 0 spiro atoms. The van der Waals surface area contributed by atoms with E-state index in [9.17, 15) is 9.18 Å². The Kier molecular flexibility index (Phi) is 4.77. The number of fused-ring (bicyclic) bond motifs is 1. The van der Waals surface area contributed by atoms with Crippen molar-refractivity contribution in [1.82, 2.24) is 25.5 Å². The van der Waals surface area contributed by atoms with Gasteiger partial charge in [0.05, 0.1) is 13.2 Å². The summed E-state index contributed by atoms with van der Waals surface area (Å²) in [4.78, 5) is 13.2. The van der Waals surface area contributed by atoms with E-state index in [0.29, 0.717) is 18.7 Å². The Labute approximate surface area is 161 Å². The Bertz CT molecular complexity index is 1010. The summed E-state index contributed by atoms with van der Waals surface area (Å²) in [6, 6.07) is 11.6. The van der Waals surface area contributed by atoms with Gasteiger partial charge in [-0.1, -0.05) is 30.3 Å². The average molecular weight is 381 g/mol. The van der Waals surface area contributed by atoms with Gasteiger partial charge in [-0.25, -0.2) is 9.07 Å². The summed E-state index contributed by atoms with van der Waals surface area (Å²) in [6.07, 6.45) is 1.39. The van der Waals surface area contributed by atoms with Gasteiger partial charge in [-0.15, -0.1) is 5.10 Å². The molecule has 1 N–H and O–H groups in total. The predicted molar refractivity (Wildman–Crippen MR) is 99.3 cm³/mol. The lowest BCUT2D eigenvalue weighted by molar-refractivity contribution is -0.124. The molecule has 0 aliphatic heterocycles. The Hall–Kier alpha value is -3.29. The van der Waals surface area contributed by atoms with E-state index in [-0.39, 0.29) is 23.5 Å². The molecule has 1 amide bonds. The van der Waals surface area contributed by atoms with Crippen LogP contribution >= 0.6 is 0 Å². The summed E-state index contributed by atoms with van der Waals surface area (Å²) in [5.74, 6) is 0.109. The van der Waals surface area contributed by atoms with Gasteiger partial charge < -0.3 is 10.1 Å². The molecule has 1 aromatic heterocycles. The van der Waals surface area contributed by atoms with E-state index in [1.807, 2.05) is 30.3 Å². The molecule has 0 radical (unpaired) electrons. The first-order chi connectivity index (χ1) is 13.6. The number of hydrogen-bond donors (Lipinski definition) is 1. The van der Waals surface area contributed by atoms with Crippen molar-refractivity contribution in [2.24, 2.45) is 0 Å². The highest BCUT2D eigenvalue weighted by atomic mass is 19.1. The summed E-state index contributed by atoms with van der Waals surface area (Å²) in [7, 11) is 1.43. The highest BCUT2D eigenvalue weighted by molar-refractivity contribution is 5.84. The van der Waals surface area contributed by atoms with Gasteiger partial charge in [-0.2, -0.15) is 0 Å². The van der Waals surface area contributed by atoms with Crippen LogP contribution in [-0.2, 0) is 11.2 Å². The lowest BCUT2D eigenvalue weighted by Crippen LogP contribution is -2.36. The van der Waals surface area contributed by atoms with Crippen LogP contribution in [0.1, 0.15) is 41.0 Å². The number of carbonyl (C=O) groups excluding carboxylic acids is 1.